The molecule has 0 bridgehead atoms. The van der Waals surface area contributed by atoms with Crippen molar-refractivity contribution >= 4 is 29.3 Å². The molecule has 0 aromatic heterocycles. The topological polar surface area (TPSA) is 23.6 Å². The molecule has 0 radical (unpaired) electrons. The van der Waals surface area contributed by atoms with E-state index >= 15 is 0 Å². The molecule has 2 aromatic carbocycles. The molecule has 142 valence electrons. The fourth-order valence-electron chi connectivity index (χ4n) is 3.23. The van der Waals surface area contributed by atoms with Gasteiger partial charge in [0, 0.05) is 43.0 Å². The molecular weight excluding hydrogens is 356 g/mol. The van der Waals surface area contributed by atoms with Crippen LogP contribution in [0.25, 0.3) is 6.08 Å². The van der Waals surface area contributed by atoms with E-state index in [2.05, 4.69) is 56.0 Å². The maximum Gasteiger partial charge on any atom is 0.246 e. The van der Waals surface area contributed by atoms with Crippen molar-refractivity contribution in [2.75, 3.05) is 31.1 Å². The summed E-state index contributed by atoms with van der Waals surface area (Å²) in [5.74, 6) is 0.0700. The normalized spacial score (nSPS) is 15.4. The molecule has 0 aliphatic carbocycles. The standard InChI is InChI=1S/C23H27ClN2O/c1-23(2,3)19-10-7-18(8-11-19)9-12-22(27)26-15-13-25(14-16-26)21-6-4-5-20(24)17-21/h4-12,17H,13-16H2,1-3H3/b12-9+. The van der Waals surface area contributed by atoms with Gasteiger partial charge in [-0.1, -0.05) is 62.7 Å². The van der Waals surface area contributed by atoms with E-state index in [1.807, 2.05) is 29.2 Å². The smallest absolute Gasteiger partial charge is 0.246 e. The quantitative estimate of drug-likeness (QED) is 0.697. The van der Waals surface area contributed by atoms with Gasteiger partial charge >= 0.3 is 0 Å². The maximum absolute atomic E-state index is 12.5. The van der Waals surface area contributed by atoms with Gasteiger partial charge < -0.3 is 9.80 Å². The summed E-state index contributed by atoms with van der Waals surface area (Å²) < 4.78 is 0. The molecule has 4 heteroatoms. The van der Waals surface area contributed by atoms with Gasteiger partial charge in [0.05, 0.1) is 0 Å². The highest BCUT2D eigenvalue weighted by atomic mass is 35.5. The van der Waals surface area contributed by atoms with Gasteiger partial charge in [0.25, 0.3) is 0 Å². The SMILES string of the molecule is CC(C)(C)c1ccc(/C=C/C(=O)N2CCN(c3cccc(Cl)c3)CC2)cc1. The van der Waals surface area contributed by atoms with Crippen molar-refractivity contribution < 1.29 is 4.79 Å². The van der Waals surface area contributed by atoms with Crippen LogP contribution in [0, 0.1) is 0 Å². The predicted molar refractivity (Wildman–Crippen MR) is 114 cm³/mol. The summed E-state index contributed by atoms with van der Waals surface area (Å²) in [6, 6.07) is 16.3. The Morgan fingerprint density at radius 3 is 2.26 bits per heavy atom. The van der Waals surface area contributed by atoms with E-state index in [1.165, 1.54) is 5.56 Å². The van der Waals surface area contributed by atoms with Crippen LogP contribution < -0.4 is 4.90 Å². The Bertz CT molecular complexity index is 813. The van der Waals surface area contributed by atoms with Gasteiger partial charge in [0.1, 0.15) is 0 Å². The molecule has 27 heavy (non-hydrogen) atoms. The lowest BCUT2D eigenvalue weighted by Crippen LogP contribution is -2.48. The summed E-state index contributed by atoms with van der Waals surface area (Å²) in [6.45, 7) is 9.68. The van der Waals surface area contributed by atoms with Crippen LogP contribution in [0.1, 0.15) is 31.9 Å². The third-order valence-corrected chi connectivity index (χ3v) is 5.19. The van der Waals surface area contributed by atoms with Crippen molar-refractivity contribution in [2.45, 2.75) is 26.2 Å². The number of benzene rings is 2. The second kappa shape index (κ2) is 8.18. The van der Waals surface area contributed by atoms with Gasteiger partial charge in [0.2, 0.25) is 5.91 Å². The summed E-state index contributed by atoms with van der Waals surface area (Å²) in [5.41, 5.74) is 3.60. The lowest BCUT2D eigenvalue weighted by atomic mass is 9.87. The molecule has 0 saturated carbocycles. The number of carbonyl (C=O) groups excluding carboxylic acids is 1. The minimum Gasteiger partial charge on any atom is -0.368 e. The molecule has 1 fully saturated rings. The van der Waals surface area contributed by atoms with Crippen LogP contribution in [0.5, 0.6) is 0 Å². The summed E-state index contributed by atoms with van der Waals surface area (Å²) in [5, 5.41) is 0.742. The van der Waals surface area contributed by atoms with Crippen LogP contribution in [-0.2, 0) is 10.2 Å². The van der Waals surface area contributed by atoms with Crippen LogP contribution in [0.2, 0.25) is 5.02 Å². The van der Waals surface area contributed by atoms with E-state index in [-0.39, 0.29) is 11.3 Å². The third-order valence-electron chi connectivity index (χ3n) is 4.96. The first-order valence-electron chi connectivity index (χ1n) is 9.41. The van der Waals surface area contributed by atoms with Crippen LogP contribution in [0.4, 0.5) is 5.69 Å². The van der Waals surface area contributed by atoms with Gasteiger partial charge in [-0.05, 0) is 40.8 Å². The number of hydrogen-bond donors (Lipinski definition) is 0. The lowest BCUT2D eigenvalue weighted by molar-refractivity contribution is -0.126. The monoisotopic (exact) mass is 382 g/mol. The average molecular weight is 383 g/mol. The van der Waals surface area contributed by atoms with Crippen molar-refractivity contribution in [3.63, 3.8) is 0 Å². The highest BCUT2D eigenvalue weighted by molar-refractivity contribution is 6.30. The first-order valence-corrected chi connectivity index (χ1v) is 9.79. The van der Waals surface area contributed by atoms with Crippen molar-refractivity contribution in [1.82, 2.24) is 4.90 Å². The number of nitrogens with zero attached hydrogens (tertiary/aromatic N) is 2. The minimum absolute atomic E-state index is 0.0700. The zero-order chi connectivity index (χ0) is 19.4. The van der Waals surface area contributed by atoms with Crippen LogP contribution >= 0.6 is 11.6 Å². The third kappa shape index (κ3) is 5.14. The number of piperazine rings is 1. The predicted octanol–water partition coefficient (Wildman–Crippen LogP) is 5.00. The van der Waals surface area contributed by atoms with E-state index in [1.54, 1.807) is 6.08 Å². The van der Waals surface area contributed by atoms with E-state index in [0.29, 0.717) is 0 Å². The van der Waals surface area contributed by atoms with Gasteiger partial charge in [-0.3, -0.25) is 4.79 Å². The second-order valence-corrected chi connectivity index (χ2v) is 8.43. The Kier molecular flexibility index (Phi) is 5.91. The van der Waals surface area contributed by atoms with E-state index in [9.17, 15) is 4.79 Å². The molecule has 1 aliphatic heterocycles. The van der Waals surface area contributed by atoms with Crippen LogP contribution in [0.3, 0.4) is 0 Å². The van der Waals surface area contributed by atoms with Gasteiger partial charge in [0.15, 0.2) is 0 Å². The number of anilines is 1. The Labute approximate surface area is 167 Å². The molecule has 1 amide bonds. The maximum atomic E-state index is 12.5. The van der Waals surface area contributed by atoms with Gasteiger partial charge in [-0.2, -0.15) is 0 Å². The summed E-state index contributed by atoms with van der Waals surface area (Å²) >= 11 is 6.08. The van der Waals surface area contributed by atoms with E-state index < -0.39 is 0 Å². The zero-order valence-electron chi connectivity index (χ0n) is 16.3. The number of hydrogen-bond acceptors (Lipinski definition) is 2. The first-order chi connectivity index (χ1) is 12.8. The molecule has 3 rings (SSSR count). The zero-order valence-corrected chi connectivity index (χ0v) is 17.0. The van der Waals surface area contributed by atoms with Crippen molar-refractivity contribution in [2.24, 2.45) is 0 Å². The molecular formula is C23H27ClN2O. The number of rotatable bonds is 3. The summed E-state index contributed by atoms with van der Waals surface area (Å²) in [7, 11) is 0. The lowest BCUT2D eigenvalue weighted by Gasteiger charge is -2.35. The molecule has 1 heterocycles. The van der Waals surface area contributed by atoms with Crippen molar-refractivity contribution in [1.29, 1.82) is 0 Å². The molecule has 1 aliphatic rings. The first kappa shape index (κ1) is 19.5. The molecule has 0 spiro atoms. The highest BCUT2D eigenvalue weighted by Crippen LogP contribution is 2.23. The number of halogens is 1. The van der Waals surface area contributed by atoms with Gasteiger partial charge in [-0.15, -0.1) is 0 Å². The van der Waals surface area contributed by atoms with E-state index in [0.717, 1.165) is 42.5 Å². The number of amides is 1. The molecule has 0 unspecified atom stereocenters. The summed E-state index contributed by atoms with van der Waals surface area (Å²) in [4.78, 5) is 16.7. The van der Waals surface area contributed by atoms with Gasteiger partial charge in [-0.25, -0.2) is 0 Å². The van der Waals surface area contributed by atoms with Crippen molar-refractivity contribution in [3.8, 4) is 0 Å². The molecule has 0 N–H and O–H groups in total. The number of carbonyl (C=O) groups is 1. The fourth-order valence-corrected chi connectivity index (χ4v) is 3.41. The second-order valence-electron chi connectivity index (χ2n) is 8.00. The van der Waals surface area contributed by atoms with Crippen molar-refractivity contribution in [3.05, 3.63) is 70.8 Å². The minimum atomic E-state index is 0.0700. The molecule has 3 nitrogen and oxygen atoms in total. The largest absolute Gasteiger partial charge is 0.368 e. The average Bonchev–Trinajstić information content (AvgIpc) is 2.66. The molecule has 2 aromatic rings. The highest BCUT2D eigenvalue weighted by Gasteiger charge is 2.20. The Balaban J connectivity index is 1.55. The Hall–Kier alpha value is -2.26. The summed E-state index contributed by atoms with van der Waals surface area (Å²) in [6.07, 6.45) is 3.58. The Morgan fingerprint density at radius 1 is 1.00 bits per heavy atom. The van der Waals surface area contributed by atoms with Crippen LogP contribution in [-0.4, -0.2) is 37.0 Å². The Morgan fingerprint density at radius 2 is 1.67 bits per heavy atom. The fraction of sp³-hybridized carbons (Fsp3) is 0.348. The van der Waals surface area contributed by atoms with E-state index in [4.69, 9.17) is 11.6 Å². The molecule has 1 saturated heterocycles. The molecule has 0 atom stereocenters. The van der Waals surface area contributed by atoms with Crippen LogP contribution in [0.15, 0.2) is 54.6 Å².